The van der Waals surface area contributed by atoms with Gasteiger partial charge in [-0.05, 0) is 31.1 Å². The molecular formula is C14H15N. The van der Waals surface area contributed by atoms with Gasteiger partial charge in [0.15, 0.2) is 0 Å². The molecule has 0 unspecified atom stereocenters. The van der Waals surface area contributed by atoms with Crippen LogP contribution in [0.4, 0.5) is 5.69 Å². The molecule has 0 fully saturated rings. The number of aliphatic imine (C=N–C) groups is 1. The number of rotatable bonds is 2. The van der Waals surface area contributed by atoms with Crippen molar-refractivity contribution in [2.75, 3.05) is 0 Å². The van der Waals surface area contributed by atoms with E-state index < -0.39 is 0 Å². The molecule has 0 amide bonds. The second-order valence-electron chi connectivity index (χ2n) is 3.74. The van der Waals surface area contributed by atoms with E-state index in [2.05, 4.69) is 42.3 Å². The summed E-state index contributed by atoms with van der Waals surface area (Å²) < 4.78 is 0. The van der Waals surface area contributed by atoms with E-state index in [1.165, 1.54) is 16.8 Å². The zero-order valence-electron chi connectivity index (χ0n) is 9.20. The van der Waals surface area contributed by atoms with Crippen LogP contribution in [0.3, 0.4) is 0 Å². The highest BCUT2D eigenvalue weighted by Crippen LogP contribution is 2.27. The summed E-state index contributed by atoms with van der Waals surface area (Å²) in [6.07, 6.45) is 7.17. The molecule has 0 N–H and O–H groups in total. The van der Waals surface area contributed by atoms with Crippen LogP contribution in [0, 0.1) is 0 Å². The molecule has 1 aromatic carbocycles. The minimum Gasteiger partial charge on any atom is -0.253 e. The van der Waals surface area contributed by atoms with Gasteiger partial charge in [-0.2, -0.15) is 0 Å². The van der Waals surface area contributed by atoms with Crippen molar-refractivity contribution in [3.8, 4) is 0 Å². The summed E-state index contributed by atoms with van der Waals surface area (Å²) in [5.74, 6) is 0. The predicted octanol–water partition coefficient (Wildman–Crippen LogP) is 3.84. The first kappa shape index (κ1) is 9.91. The molecule has 1 aliphatic rings. The number of hydrogen-bond acceptors (Lipinski definition) is 1. The third-order valence-electron chi connectivity index (χ3n) is 2.60. The molecule has 0 bridgehead atoms. The Labute approximate surface area is 90.9 Å². The van der Waals surface area contributed by atoms with Crippen molar-refractivity contribution in [2.45, 2.75) is 20.3 Å². The maximum atomic E-state index is 4.62. The number of benzene rings is 1. The summed E-state index contributed by atoms with van der Waals surface area (Å²) in [5.41, 5.74) is 4.90. The van der Waals surface area contributed by atoms with Gasteiger partial charge >= 0.3 is 0 Å². The topological polar surface area (TPSA) is 12.4 Å². The zero-order chi connectivity index (χ0) is 10.7. The maximum absolute atomic E-state index is 4.62. The second-order valence-corrected chi connectivity index (χ2v) is 3.74. The van der Waals surface area contributed by atoms with Crippen molar-refractivity contribution < 1.29 is 0 Å². The number of nitrogens with zero attached hydrogens (tertiary/aromatic N) is 1. The van der Waals surface area contributed by atoms with E-state index in [1.807, 2.05) is 19.1 Å². The quantitative estimate of drug-likeness (QED) is 0.639. The Hall–Kier alpha value is -1.63. The normalized spacial score (nSPS) is 15.6. The number of allylic oxidation sites excluding steroid dienone is 4. The third kappa shape index (κ3) is 2.07. The SMILES string of the molecule is C/C=C\C=C(/C)C1=Nc2ccccc2C1. The Morgan fingerprint density at radius 2 is 2.13 bits per heavy atom. The van der Waals surface area contributed by atoms with E-state index in [4.69, 9.17) is 0 Å². The lowest BCUT2D eigenvalue weighted by atomic mass is 10.1. The molecule has 0 saturated heterocycles. The summed E-state index contributed by atoms with van der Waals surface area (Å²) >= 11 is 0. The van der Waals surface area contributed by atoms with Gasteiger partial charge in [0.05, 0.1) is 5.69 Å². The summed E-state index contributed by atoms with van der Waals surface area (Å²) in [6.45, 7) is 4.14. The first-order valence-corrected chi connectivity index (χ1v) is 5.26. The predicted molar refractivity (Wildman–Crippen MR) is 65.8 cm³/mol. The molecule has 2 rings (SSSR count). The molecule has 1 nitrogen and oxygen atoms in total. The minimum atomic E-state index is 0.968. The first-order chi connectivity index (χ1) is 7.31. The standard InChI is InChI=1S/C14H15N/c1-3-4-7-11(2)14-10-12-8-5-6-9-13(12)15-14/h3-9H,10H2,1-2H3/b4-3-,11-7+. The molecule has 1 aliphatic heterocycles. The monoisotopic (exact) mass is 197 g/mol. The lowest BCUT2D eigenvalue weighted by Gasteiger charge is -1.97. The number of hydrogen-bond donors (Lipinski definition) is 0. The summed E-state index contributed by atoms with van der Waals surface area (Å²) in [5, 5.41) is 0. The highest BCUT2D eigenvalue weighted by molar-refractivity contribution is 6.05. The molecule has 15 heavy (non-hydrogen) atoms. The fourth-order valence-corrected chi connectivity index (χ4v) is 1.70. The van der Waals surface area contributed by atoms with Gasteiger partial charge in [-0.1, -0.05) is 36.4 Å². The summed E-state index contributed by atoms with van der Waals surface area (Å²) in [6, 6.07) is 8.33. The first-order valence-electron chi connectivity index (χ1n) is 5.26. The van der Waals surface area contributed by atoms with Crippen molar-refractivity contribution >= 4 is 11.4 Å². The van der Waals surface area contributed by atoms with Crippen LogP contribution in [0.5, 0.6) is 0 Å². The van der Waals surface area contributed by atoms with Crippen LogP contribution in [0.15, 0.2) is 53.1 Å². The lowest BCUT2D eigenvalue weighted by Crippen LogP contribution is -1.98. The zero-order valence-corrected chi connectivity index (χ0v) is 9.20. The Morgan fingerprint density at radius 1 is 1.33 bits per heavy atom. The number of para-hydroxylation sites is 1. The average molecular weight is 197 g/mol. The summed E-state index contributed by atoms with van der Waals surface area (Å²) in [4.78, 5) is 4.62. The fourth-order valence-electron chi connectivity index (χ4n) is 1.70. The molecule has 0 spiro atoms. The van der Waals surface area contributed by atoms with Gasteiger partial charge in [-0.25, -0.2) is 0 Å². The van der Waals surface area contributed by atoms with E-state index in [9.17, 15) is 0 Å². The molecule has 1 heteroatoms. The van der Waals surface area contributed by atoms with Crippen molar-refractivity contribution in [2.24, 2.45) is 4.99 Å². The van der Waals surface area contributed by atoms with Gasteiger partial charge in [0, 0.05) is 12.1 Å². The number of fused-ring (bicyclic) bond motifs is 1. The van der Waals surface area contributed by atoms with Crippen LogP contribution < -0.4 is 0 Å². The molecule has 0 aromatic heterocycles. The van der Waals surface area contributed by atoms with Crippen LogP contribution >= 0.6 is 0 Å². The Kier molecular flexibility index (Phi) is 2.82. The lowest BCUT2D eigenvalue weighted by molar-refractivity contribution is 1.37. The summed E-state index contributed by atoms with van der Waals surface area (Å²) in [7, 11) is 0. The van der Waals surface area contributed by atoms with Crippen molar-refractivity contribution in [3.63, 3.8) is 0 Å². The highest BCUT2D eigenvalue weighted by Gasteiger charge is 2.13. The van der Waals surface area contributed by atoms with Crippen LogP contribution in [0.2, 0.25) is 0 Å². The van der Waals surface area contributed by atoms with E-state index in [0.29, 0.717) is 0 Å². The van der Waals surface area contributed by atoms with Crippen molar-refractivity contribution in [1.82, 2.24) is 0 Å². The van der Waals surface area contributed by atoms with Crippen molar-refractivity contribution in [1.29, 1.82) is 0 Å². The molecule has 76 valence electrons. The van der Waals surface area contributed by atoms with Crippen LogP contribution in [0.1, 0.15) is 19.4 Å². The Morgan fingerprint density at radius 3 is 2.87 bits per heavy atom. The molecule has 0 atom stereocenters. The largest absolute Gasteiger partial charge is 0.253 e. The molecule has 0 saturated carbocycles. The van der Waals surface area contributed by atoms with Crippen molar-refractivity contribution in [3.05, 3.63) is 53.6 Å². The van der Waals surface area contributed by atoms with Gasteiger partial charge in [0.1, 0.15) is 0 Å². The molecule has 1 aromatic rings. The van der Waals surface area contributed by atoms with E-state index in [1.54, 1.807) is 0 Å². The van der Waals surface area contributed by atoms with Gasteiger partial charge in [-0.15, -0.1) is 0 Å². The van der Waals surface area contributed by atoms with E-state index >= 15 is 0 Å². The Bertz CT molecular complexity index is 450. The van der Waals surface area contributed by atoms with E-state index in [-0.39, 0.29) is 0 Å². The molecule has 0 radical (unpaired) electrons. The minimum absolute atomic E-state index is 0.968. The van der Waals surface area contributed by atoms with Gasteiger partial charge in [0.25, 0.3) is 0 Å². The van der Waals surface area contributed by atoms with Gasteiger partial charge in [0.2, 0.25) is 0 Å². The maximum Gasteiger partial charge on any atom is 0.0669 e. The van der Waals surface area contributed by atoms with E-state index in [0.717, 1.165) is 12.1 Å². The molecule has 0 aliphatic carbocycles. The van der Waals surface area contributed by atoms with Gasteiger partial charge in [-0.3, -0.25) is 4.99 Å². The van der Waals surface area contributed by atoms with Gasteiger partial charge < -0.3 is 0 Å². The fraction of sp³-hybridized carbons (Fsp3) is 0.214. The second kappa shape index (κ2) is 4.26. The average Bonchev–Trinajstić information content (AvgIpc) is 2.69. The Balaban J connectivity index is 2.25. The van der Waals surface area contributed by atoms with Crippen LogP contribution in [0.25, 0.3) is 0 Å². The smallest absolute Gasteiger partial charge is 0.0669 e. The molecular weight excluding hydrogens is 182 g/mol. The highest BCUT2D eigenvalue weighted by atomic mass is 14.8. The van der Waals surface area contributed by atoms with Crippen LogP contribution in [-0.4, -0.2) is 5.71 Å². The van der Waals surface area contributed by atoms with Crippen LogP contribution in [-0.2, 0) is 6.42 Å². The third-order valence-corrected chi connectivity index (χ3v) is 2.60. The molecule has 1 heterocycles.